The molecule has 1 saturated heterocycles. The summed E-state index contributed by atoms with van der Waals surface area (Å²) < 4.78 is 0. The first-order valence-corrected chi connectivity index (χ1v) is 6.29. The van der Waals surface area contributed by atoms with Gasteiger partial charge in [0, 0.05) is 19.6 Å². The minimum absolute atomic E-state index is 0.187. The number of thiophene rings is 1. The van der Waals surface area contributed by atoms with Gasteiger partial charge in [-0.15, -0.1) is 0 Å². The Morgan fingerprint density at radius 1 is 1.53 bits per heavy atom. The van der Waals surface area contributed by atoms with Gasteiger partial charge in [0.2, 0.25) is 0 Å². The lowest BCUT2D eigenvalue weighted by Crippen LogP contribution is -2.56. The smallest absolute Gasteiger partial charge is 0.317 e. The van der Waals surface area contributed by atoms with Gasteiger partial charge in [-0.05, 0) is 28.8 Å². The van der Waals surface area contributed by atoms with Gasteiger partial charge >= 0.3 is 12.0 Å². The van der Waals surface area contributed by atoms with Crippen molar-refractivity contribution in [2.24, 2.45) is 5.92 Å². The fraction of sp³-hybridized carbons (Fsp3) is 0.455. The van der Waals surface area contributed by atoms with Gasteiger partial charge in [-0.1, -0.05) is 0 Å². The predicted octanol–water partition coefficient (Wildman–Crippen LogP) is 1.28. The molecule has 0 bridgehead atoms. The van der Waals surface area contributed by atoms with Crippen molar-refractivity contribution in [3.8, 4) is 0 Å². The molecule has 0 radical (unpaired) electrons. The number of urea groups is 1. The van der Waals surface area contributed by atoms with E-state index in [1.165, 1.54) is 10.5 Å². The predicted molar refractivity (Wildman–Crippen MR) is 64.0 cm³/mol. The quantitative estimate of drug-likeness (QED) is 0.853. The number of carbonyl (C=O) groups is 2. The topological polar surface area (TPSA) is 69.6 Å². The van der Waals surface area contributed by atoms with Crippen molar-refractivity contribution in [3.63, 3.8) is 0 Å². The van der Waals surface area contributed by atoms with Gasteiger partial charge in [-0.3, -0.25) is 4.79 Å². The van der Waals surface area contributed by atoms with E-state index in [-0.39, 0.29) is 6.03 Å². The Balaban J connectivity index is 1.76. The molecule has 0 unspecified atom stereocenters. The first kappa shape index (κ1) is 11.9. The molecule has 0 atom stereocenters. The van der Waals surface area contributed by atoms with Crippen LogP contribution in [0.3, 0.4) is 0 Å². The van der Waals surface area contributed by atoms with Crippen molar-refractivity contribution in [1.29, 1.82) is 0 Å². The number of aliphatic carboxylic acids is 1. The molecule has 6 heteroatoms. The summed E-state index contributed by atoms with van der Waals surface area (Å²) >= 11 is 1.61. The zero-order valence-electron chi connectivity index (χ0n) is 9.47. The molecule has 17 heavy (non-hydrogen) atoms. The second-order valence-electron chi connectivity index (χ2n) is 4.18. The second-order valence-corrected chi connectivity index (χ2v) is 4.92. The molecule has 1 aromatic rings. The number of likely N-dealkylation sites (tertiary alicyclic amines) is 1. The van der Waals surface area contributed by atoms with Crippen LogP contribution in [0.4, 0.5) is 4.79 Å². The third-order valence-electron chi connectivity index (χ3n) is 2.91. The molecule has 2 N–H and O–H groups in total. The van der Waals surface area contributed by atoms with E-state index >= 15 is 0 Å². The van der Waals surface area contributed by atoms with Crippen molar-refractivity contribution in [2.75, 3.05) is 13.1 Å². The van der Waals surface area contributed by atoms with Crippen LogP contribution in [0, 0.1) is 12.8 Å². The Bertz CT molecular complexity index is 438. The standard InChI is InChI=1S/C11H14N2O3S/c1-7-5-17-6-8(7)2-12-11(16)13-3-9(4-13)10(14)15/h5-6,9H,2-4H2,1H3,(H,12,16)(H,14,15). The Morgan fingerprint density at radius 2 is 2.24 bits per heavy atom. The third kappa shape index (κ3) is 2.58. The molecule has 1 aliphatic rings. The van der Waals surface area contributed by atoms with E-state index in [9.17, 15) is 9.59 Å². The number of nitrogens with zero attached hydrogens (tertiary/aromatic N) is 1. The minimum Gasteiger partial charge on any atom is -0.481 e. The molecule has 0 spiro atoms. The molecule has 2 amide bonds. The van der Waals surface area contributed by atoms with Crippen molar-refractivity contribution in [2.45, 2.75) is 13.5 Å². The van der Waals surface area contributed by atoms with Crippen LogP contribution in [0.25, 0.3) is 0 Å². The monoisotopic (exact) mass is 254 g/mol. The summed E-state index contributed by atoms with van der Waals surface area (Å²) in [6.07, 6.45) is 0. The molecule has 2 heterocycles. The van der Waals surface area contributed by atoms with Crippen LogP contribution in [-0.2, 0) is 11.3 Å². The molecule has 1 aromatic heterocycles. The highest BCUT2D eigenvalue weighted by molar-refractivity contribution is 7.08. The lowest BCUT2D eigenvalue weighted by atomic mass is 10.0. The number of rotatable bonds is 3. The number of hydrogen-bond acceptors (Lipinski definition) is 3. The highest BCUT2D eigenvalue weighted by atomic mass is 32.1. The van der Waals surface area contributed by atoms with E-state index in [0.717, 1.165) is 5.56 Å². The number of nitrogens with one attached hydrogen (secondary N) is 1. The van der Waals surface area contributed by atoms with Crippen LogP contribution < -0.4 is 5.32 Å². The van der Waals surface area contributed by atoms with Crippen molar-refractivity contribution >= 4 is 23.3 Å². The van der Waals surface area contributed by atoms with Gasteiger partial charge in [0.05, 0.1) is 5.92 Å². The molecular formula is C11H14N2O3S. The van der Waals surface area contributed by atoms with Crippen LogP contribution >= 0.6 is 11.3 Å². The molecule has 92 valence electrons. The molecular weight excluding hydrogens is 240 g/mol. The van der Waals surface area contributed by atoms with Gasteiger partial charge in [-0.2, -0.15) is 11.3 Å². The largest absolute Gasteiger partial charge is 0.481 e. The molecule has 1 fully saturated rings. The Kier molecular flexibility index (Phi) is 3.33. The summed E-state index contributed by atoms with van der Waals surface area (Å²) in [6, 6.07) is -0.187. The Labute approximate surface area is 103 Å². The first-order valence-electron chi connectivity index (χ1n) is 5.35. The maximum Gasteiger partial charge on any atom is 0.317 e. The summed E-state index contributed by atoms with van der Waals surface area (Å²) in [7, 11) is 0. The van der Waals surface area contributed by atoms with Crippen molar-refractivity contribution in [1.82, 2.24) is 10.2 Å². The van der Waals surface area contributed by atoms with E-state index in [2.05, 4.69) is 5.32 Å². The number of carboxylic acids is 1. The number of aryl methyl sites for hydroxylation is 1. The molecule has 0 aliphatic carbocycles. The summed E-state index contributed by atoms with van der Waals surface area (Å²) in [5, 5.41) is 15.5. The highest BCUT2D eigenvalue weighted by Gasteiger charge is 2.35. The summed E-state index contributed by atoms with van der Waals surface area (Å²) in [5.74, 6) is -1.23. The molecule has 1 aliphatic heterocycles. The van der Waals surface area contributed by atoms with E-state index in [1.54, 1.807) is 11.3 Å². The van der Waals surface area contributed by atoms with Crippen molar-refractivity contribution < 1.29 is 14.7 Å². The molecule has 0 aromatic carbocycles. The lowest BCUT2D eigenvalue weighted by Gasteiger charge is -2.36. The average Bonchev–Trinajstić information content (AvgIpc) is 2.58. The lowest BCUT2D eigenvalue weighted by molar-refractivity contribution is -0.146. The average molecular weight is 254 g/mol. The summed E-state index contributed by atoms with van der Waals surface area (Å²) in [5.41, 5.74) is 2.28. The fourth-order valence-electron chi connectivity index (χ4n) is 1.65. The third-order valence-corrected chi connectivity index (χ3v) is 3.82. The Morgan fingerprint density at radius 3 is 2.76 bits per heavy atom. The maximum atomic E-state index is 11.6. The van der Waals surface area contributed by atoms with Crippen LogP contribution in [-0.4, -0.2) is 35.1 Å². The van der Waals surface area contributed by atoms with Crippen LogP contribution in [0.2, 0.25) is 0 Å². The Hall–Kier alpha value is -1.56. The van der Waals surface area contributed by atoms with Crippen molar-refractivity contribution in [3.05, 3.63) is 21.9 Å². The highest BCUT2D eigenvalue weighted by Crippen LogP contribution is 2.16. The van der Waals surface area contributed by atoms with Gasteiger partial charge in [0.15, 0.2) is 0 Å². The summed E-state index contributed by atoms with van der Waals surface area (Å²) in [6.45, 7) is 3.12. The van der Waals surface area contributed by atoms with E-state index in [4.69, 9.17) is 5.11 Å². The first-order chi connectivity index (χ1) is 8.08. The zero-order valence-corrected chi connectivity index (χ0v) is 10.3. The van der Waals surface area contributed by atoms with Crippen LogP contribution in [0.1, 0.15) is 11.1 Å². The number of amides is 2. The van der Waals surface area contributed by atoms with Crippen LogP contribution in [0.5, 0.6) is 0 Å². The summed E-state index contributed by atoms with van der Waals surface area (Å²) in [4.78, 5) is 23.7. The maximum absolute atomic E-state index is 11.6. The van der Waals surface area contributed by atoms with E-state index in [1.807, 2.05) is 17.7 Å². The van der Waals surface area contributed by atoms with Gasteiger partial charge in [0.25, 0.3) is 0 Å². The fourth-order valence-corrected chi connectivity index (χ4v) is 2.51. The SMILES string of the molecule is Cc1cscc1CNC(=O)N1CC(C(=O)O)C1. The van der Waals surface area contributed by atoms with Gasteiger partial charge in [0.1, 0.15) is 0 Å². The second kappa shape index (κ2) is 4.75. The number of carboxylic acid groups (broad SMARTS) is 1. The van der Waals surface area contributed by atoms with E-state index in [0.29, 0.717) is 19.6 Å². The molecule has 5 nitrogen and oxygen atoms in total. The number of hydrogen-bond donors (Lipinski definition) is 2. The molecule has 2 rings (SSSR count). The number of carbonyl (C=O) groups excluding carboxylic acids is 1. The normalized spacial score (nSPS) is 15.5. The minimum atomic E-state index is -0.831. The zero-order chi connectivity index (χ0) is 12.4. The van der Waals surface area contributed by atoms with Crippen LogP contribution in [0.15, 0.2) is 10.8 Å². The van der Waals surface area contributed by atoms with Gasteiger partial charge in [-0.25, -0.2) is 4.79 Å². The van der Waals surface area contributed by atoms with Gasteiger partial charge < -0.3 is 15.3 Å². The molecule has 0 saturated carbocycles. The van der Waals surface area contributed by atoms with E-state index < -0.39 is 11.9 Å².